The lowest BCUT2D eigenvalue weighted by atomic mass is 10.1. The van der Waals surface area contributed by atoms with Crippen molar-refractivity contribution in [1.29, 1.82) is 0 Å². The van der Waals surface area contributed by atoms with Crippen LogP contribution >= 0.6 is 0 Å². The minimum absolute atomic E-state index is 0.000530. The van der Waals surface area contributed by atoms with Crippen molar-refractivity contribution in [3.8, 4) is 11.4 Å². The van der Waals surface area contributed by atoms with Gasteiger partial charge in [-0.25, -0.2) is 0 Å². The molecule has 3 aromatic rings. The smallest absolute Gasteiger partial charge is 0.259 e. The molecule has 1 saturated carbocycles. The SMILES string of the molecule is Cc1ccc2cc(-c3noc(CCC(=O)NC4CCCC4)n3)c(=O)[nH]c2c1. The van der Waals surface area contributed by atoms with Crippen molar-refractivity contribution in [2.45, 2.75) is 51.5 Å². The minimum Gasteiger partial charge on any atom is -0.353 e. The lowest BCUT2D eigenvalue weighted by Gasteiger charge is -2.10. The van der Waals surface area contributed by atoms with E-state index in [1.165, 1.54) is 12.8 Å². The van der Waals surface area contributed by atoms with Crippen LogP contribution in [0.15, 0.2) is 33.6 Å². The molecule has 1 fully saturated rings. The van der Waals surface area contributed by atoms with Gasteiger partial charge >= 0.3 is 0 Å². The molecule has 7 nitrogen and oxygen atoms in total. The Morgan fingerprint density at radius 1 is 1.30 bits per heavy atom. The number of pyridine rings is 1. The summed E-state index contributed by atoms with van der Waals surface area (Å²) in [4.78, 5) is 31.5. The van der Waals surface area contributed by atoms with Gasteiger partial charge in [0, 0.05) is 24.4 Å². The number of amides is 1. The summed E-state index contributed by atoms with van der Waals surface area (Å²) in [6.45, 7) is 1.97. The lowest BCUT2D eigenvalue weighted by Crippen LogP contribution is -2.32. The topological polar surface area (TPSA) is 101 Å². The number of aromatic nitrogens is 3. The summed E-state index contributed by atoms with van der Waals surface area (Å²) >= 11 is 0. The van der Waals surface area contributed by atoms with E-state index in [2.05, 4.69) is 20.4 Å². The van der Waals surface area contributed by atoms with Gasteiger partial charge in [-0.05, 0) is 42.8 Å². The number of carbonyl (C=O) groups is 1. The Labute approximate surface area is 156 Å². The largest absolute Gasteiger partial charge is 0.353 e. The average molecular weight is 366 g/mol. The summed E-state index contributed by atoms with van der Waals surface area (Å²) in [6.07, 6.45) is 5.12. The Balaban J connectivity index is 1.46. The maximum Gasteiger partial charge on any atom is 0.259 e. The number of nitrogens with zero attached hydrogens (tertiary/aromatic N) is 2. The molecule has 2 aromatic heterocycles. The summed E-state index contributed by atoms with van der Waals surface area (Å²) in [5, 5.41) is 7.85. The van der Waals surface area contributed by atoms with Crippen LogP contribution < -0.4 is 10.9 Å². The van der Waals surface area contributed by atoms with E-state index in [1.807, 2.05) is 25.1 Å². The van der Waals surface area contributed by atoms with Crippen LogP contribution in [0.5, 0.6) is 0 Å². The quantitative estimate of drug-likeness (QED) is 0.723. The molecule has 2 N–H and O–H groups in total. The number of nitrogens with one attached hydrogen (secondary N) is 2. The molecular formula is C20H22N4O3. The Morgan fingerprint density at radius 2 is 2.11 bits per heavy atom. The van der Waals surface area contributed by atoms with E-state index in [4.69, 9.17) is 4.52 Å². The van der Waals surface area contributed by atoms with Crippen LogP contribution in [0.25, 0.3) is 22.3 Å². The van der Waals surface area contributed by atoms with Crippen molar-refractivity contribution in [2.75, 3.05) is 0 Å². The van der Waals surface area contributed by atoms with Crippen LogP contribution in [0.2, 0.25) is 0 Å². The second kappa shape index (κ2) is 7.34. The molecule has 0 aliphatic heterocycles. The predicted octanol–water partition coefficient (Wildman–Crippen LogP) is 2.88. The van der Waals surface area contributed by atoms with E-state index in [0.29, 0.717) is 30.3 Å². The molecule has 0 spiro atoms. The standard InChI is InChI=1S/C20H22N4O3/c1-12-6-7-13-11-15(20(26)22-16(13)10-12)19-23-18(27-24-19)9-8-17(25)21-14-4-2-3-5-14/h6-7,10-11,14H,2-5,8-9H2,1H3,(H,21,25)(H,22,26). The molecule has 0 bridgehead atoms. The Hall–Kier alpha value is -2.96. The minimum atomic E-state index is -0.264. The molecule has 7 heteroatoms. The molecule has 1 aliphatic carbocycles. The third-order valence-corrected chi connectivity index (χ3v) is 5.00. The summed E-state index contributed by atoms with van der Waals surface area (Å²) in [7, 11) is 0. The number of benzene rings is 1. The Morgan fingerprint density at radius 3 is 2.93 bits per heavy atom. The van der Waals surface area contributed by atoms with Gasteiger partial charge in [0.2, 0.25) is 17.6 Å². The Bertz CT molecular complexity index is 1030. The molecule has 140 valence electrons. The zero-order chi connectivity index (χ0) is 18.8. The molecule has 4 rings (SSSR count). The first-order valence-corrected chi connectivity index (χ1v) is 9.34. The molecule has 0 radical (unpaired) electrons. The molecule has 1 amide bonds. The van der Waals surface area contributed by atoms with E-state index >= 15 is 0 Å². The van der Waals surface area contributed by atoms with Gasteiger partial charge in [0.05, 0.1) is 5.56 Å². The van der Waals surface area contributed by atoms with Crippen LogP contribution in [0.1, 0.15) is 43.6 Å². The summed E-state index contributed by atoms with van der Waals surface area (Å²) in [6, 6.07) is 7.91. The first-order valence-electron chi connectivity index (χ1n) is 9.34. The van der Waals surface area contributed by atoms with E-state index in [1.54, 1.807) is 6.07 Å². The van der Waals surface area contributed by atoms with E-state index < -0.39 is 0 Å². The number of hydrogen-bond donors (Lipinski definition) is 2. The highest BCUT2D eigenvalue weighted by Crippen LogP contribution is 2.19. The first kappa shape index (κ1) is 17.5. The Kier molecular flexibility index (Phi) is 4.75. The fourth-order valence-electron chi connectivity index (χ4n) is 3.54. The second-order valence-electron chi connectivity index (χ2n) is 7.16. The predicted molar refractivity (Wildman–Crippen MR) is 101 cm³/mol. The van der Waals surface area contributed by atoms with Crippen molar-refractivity contribution < 1.29 is 9.32 Å². The van der Waals surface area contributed by atoms with Gasteiger partial charge in [0.15, 0.2) is 0 Å². The maximum absolute atomic E-state index is 12.4. The third kappa shape index (κ3) is 3.92. The van der Waals surface area contributed by atoms with E-state index in [9.17, 15) is 9.59 Å². The number of aryl methyl sites for hydroxylation is 2. The average Bonchev–Trinajstić information content (AvgIpc) is 3.31. The maximum atomic E-state index is 12.4. The zero-order valence-corrected chi connectivity index (χ0v) is 15.2. The molecule has 27 heavy (non-hydrogen) atoms. The molecule has 2 heterocycles. The summed E-state index contributed by atoms with van der Waals surface area (Å²) < 4.78 is 5.23. The second-order valence-corrected chi connectivity index (χ2v) is 7.16. The first-order chi connectivity index (χ1) is 13.1. The number of hydrogen-bond acceptors (Lipinski definition) is 5. The van der Waals surface area contributed by atoms with E-state index in [-0.39, 0.29) is 17.3 Å². The highest BCUT2D eigenvalue weighted by atomic mass is 16.5. The molecule has 0 atom stereocenters. The number of rotatable bonds is 5. The summed E-state index contributed by atoms with van der Waals surface area (Å²) in [5.41, 5.74) is 1.94. The van der Waals surface area contributed by atoms with Crippen LogP contribution in [0.3, 0.4) is 0 Å². The van der Waals surface area contributed by atoms with Crippen LogP contribution in [0, 0.1) is 6.92 Å². The molecule has 1 aliphatic rings. The van der Waals surface area contributed by atoms with Crippen molar-refractivity contribution in [1.82, 2.24) is 20.4 Å². The van der Waals surface area contributed by atoms with Gasteiger partial charge in [-0.1, -0.05) is 30.1 Å². The highest BCUT2D eigenvalue weighted by molar-refractivity contribution is 5.82. The zero-order valence-electron chi connectivity index (χ0n) is 15.2. The summed E-state index contributed by atoms with van der Waals surface area (Å²) in [5.74, 6) is 0.598. The number of carbonyl (C=O) groups excluding carboxylic acids is 1. The third-order valence-electron chi connectivity index (χ3n) is 5.00. The monoisotopic (exact) mass is 366 g/mol. The van der Waals surface area contributed by atoms with Crippen LogP contribution in [0.4, 0.5) is 0 Å². The van der Waals surface area contributed by atoms with E-state index in [0.717, 1.165) is 29.3 Å². The van der Waals surface area contributed by atoms with Crippen LogP contribution in [-0.4, -0.2) is 27.1 Å². The van der Waals surface area contributed by atoms with Crippen molar-refractivity contribution in [3.63, 3.8) is 0 Å². The van der Waals surface area contributed by atoms with Crippen molar-refractivity contribution in [2.24, 2.45) is 0 Å². The van der Waals surface area contributed by atoms with Gasteiger partial charge in [0.25, 0.3) is 5.56 Å². The highest BCUT2D eigenvalue weighted by Gasteiger charge is 2.18. The van der Waals surface area contributed by atoms with Gasteiger partial charge in [-0.3, -0.25) is 9.59 Å². The molecule has 0 unspecified atom stereocenters. The number of H-pyrrole nitrogens is 1. The normalized spacial score (nSPS) is 14.7. The van der Waals surface area contributed by atoms with Crippen molar-refractivity contribution >= 4 is 16.8 Å². The fourth-order valence-corrected chi connectivity index (χ4v) is 3.54. The van der Waals surface area contributed by atoms with Crippen LogP contribution in [-0.2, 0) is 11.2 Å². The molecular weight excluding hydrogens is 344 g/mol. The lowest BCUT2D eigenvalue weighted by molar-refractivity contribution is -0.121. The molecule has 0 saturated heterocycles. The van der Waals surface area contributed by atoms with Gasteiger partial charge in [0.1, 0.15) is 0 Å². The van der Waals surface area contributed by atoms with Gasteiger partial charge in [-0.15, -0.1) is 0 Å². The molecule has 1 aromatic carbocycles. The number of aromatic amines is 1. The van der Waals surface area contributed by atoms with Gasteiger partial charge < -0.3 is 14.8 Å². The van der Waals surface area contributed by atoms with Crippen molar-refractivity contribution in [3.05, 3.63) is 46.1 Å². The fraction of sp³-hybridized carbons (Fsp3) is 0.400. The van der Waals surface area contributed by atoms with Gasteiger partial charge in [-0.2, -0.15) is 4.98 Å². The number of fused-ring (bicyclic) bond motifs is 1.